The van der Waals surface area contributed by atoms with Crippen LogP contribution >= 0.6 is 0 Å². The van der Waals surface area contributed by atoms with E-state index >= 15 is 0 Å². The van der Waals surface area contributed by atoms with Crippen LogP contribution in [-0.2, 0) is 19.1 Å². The van der Waals surface area contributed by atoms with E-state index in [4.69, 9.17) is 9.84 Å². The van der Waals surface area contributed by atoms with E-state index < -0.39 is 5.97 Å². The molecule has 6 heteroatoms. The number of hydrogen-bond donors (Lipinski definition) is 2. The van der Waals surface area contributed by atoms with Gasteiger partial charge >= 0.3 is 11.9 Å². The molecule has 0 spiro atoms. The van der Waals surface area contributed by atoms with Gasteiger partial charge in [0.2, 0.25) is 5.91 Å². The summed E-state index contributed by atoms with van der Waals surface area (Å²) in [6, 6.07) is 0. The fourth-order valence-electron chi connectivity index (χ4n) is 3.45. The first-order valence-corrected chi connectivity index (χ1v) is 12.2. The minimum Gasteiger partial charge on any atom is -0.480 e. The lowest BCUT2D eigenvalue weighted by atomic mass is 10.0. The van der Waals surface area contributed by atoms with E-state index in [1.165, 1.54) is 32.1 Å². The van der Waals surface area contributed by atoms with E-state index in [2.05, 4.69) is 19.2 Å². The standard InChI is InChI=1S/C24H45NO5/c1-3-5-7-8-9-10-15-19-24(29)30-21(16-12-6-4-2)17-13-11-14-18-22(26)25-20-23(27)28/h21H,3-20H2,1-2H3,(H,25,26)(H,27,28). The average molecular weight is 428 g/mol. The third-order valence-electron chi connectivity index (χ3n) is 5.28. The second-order valence-corrected chi connectivity index (χ2v) is 8.25. The smallest absolute Gasteiger partial charge is 0.322 e. The van der Waals surface area contributed by atoms with Crippen LogP contribution in [0.25, 0.3) is 0 Å². The first-order chi connectivity index (χ1) is 14.5. The molecule has 0 saturated carbocycles. The van der Waals surface area contributed by atoms with Gasteiger partial charge in [0.25, 0.3) is 0 Å². The Morgan fingerprint density at radius 2 is 1.23 bits per heavy atom. The van der Waals surface area contributed by atoms with Crippen molar-refractivity contribution >= 4 is 17.8 Å². The molecule has 6 nitrogen and oxygen atoms in total. The molecule has 2 N–H and O–H groups in total. The van der Waals surface area contributed by atoms with Crippen molar-refractivity contribution in [2.75, 3.05) is 6.54 Å². The molecule has 0 aromatic carbocycles. The van der Waals surface area contributed by atoms with Crippen molar-refractivity contribution in [1.29, 1.82) is 0 Å². The van der Waals surface area contributed by atoms with Crippen molar-refractivity contribution in [2.45, 2.75) is 129 Å². The molecule has 0 aromatic rings. The maximum atomic E-state index is 12.2. The summed E-state index contributed by atoms with van der Waals surface area (Å²) in [4.78, 5) is 34.2. The Morgan fingerprint density at radius 1 is 0.733 bits per heavy atom. The number of carbonyl (C=O) groups excluding carboxylic acids is 2. The van der Waals surface area contributed by atoms with Crippen molar-refractivity contribution in [3.8, 4) is 0 Å². The van der Waals surface area contributed by atoms with Crippen molar-refractivity contribution in [3.05, 3.63) is 0 Å². The van der Waals surface area contributed by atoms with E-state index in [0.717, 1.165) is 64.2 Å². The Balaban J connectivity index is 3.99. The second-order valence-electron chi connectivity index (χ2n) is 8.25. The number of carboxylic acids is 1. The van der Waals surface area contributed by atoms with Crippen LogP contribution in [0.2, 0.25) is 0 Å². The maximum absolute atomic E-state index is 12.2. The van der Waals surface area contributed by atoms with Crippen LogP contribution in [0, 0.1) is 0 Å². The van der Waals surface area contributed by atoms with Gasteiger partial charge in [-0.3, -0.25) is 14.4 Å². The zero-order valence-electron chi connectivity index (χ0n) is 19.4. The average Bonchev–Trinajstić information content (AvgIpc) is 2.71. The molecule has 1 atom stereocenters. The lowest BCUT2D eigenvalue weighted by Gasteiger charge is -2.18. The van der Waals surface area contributed by atoms with Gasteiger partial charge in [-0.2, -0.15) is 0 Å². The monoisotopic (exact) mass is 427 g/mol. The largest absolute Gasteiger partial charge is 0.480 e. The molecule has 0 aromatic heterocycles. The number of esters is 1. The summed E-state index contributed by atoms with van der Waals surface area (Å²) in [6.07, 6.45) is 16.8. The Morgan fingerprint density at radius 3 is 1.87 bits per heavy atom. The molecule has 1 amide bonds. The predicted molar refractivity (Wildman–Crippen MR) is 120 cm³/mol. The van der Waals surface area contributed by atoms with Crippen molar-refractivity contribution < 1.29 is 24.2 Å². The quantitative estimate of drug-likeness (QED) is 0.179. The van der Waals surface area contributed by atoms with Gasteiger partial charge in [0.15, 0.2) is 0 Å². The van der Waals surface area contributed by atoms with E-state index in [1.54, 1.807) is 0 Å². The zero-order valence-corrected chi connectivity index (χ0v) is 19.4. The summed E-state index contributed by atoms with van der Waals surface area (Å²) in [5.41, 5.74) is 0. The highest BCUT2D eigenvalue weighted by Gasteiger charge is 2.14. The number of ether oxygens (including phenoxy) is 1. The predicted octanol–water partition coefficient (Wildman–Crippen LogP) is 5.77. The minimum absolute atomic E-state index is 0.0190. The lowest BCUT2D eigenvalue weighted by Crippen LogP contribution is -2.28. The minimum atomic E-state index is -1.03. The SMILES string of the molecule is CCCCCCCCCC(=O)OC(CCCCC)CCCCCC(=O)NCC(=O)O. The second kappa shape index (κ2) is 20.7. The van der Waals surface area contributed by atoms with E-state index in [0.29, 0.717) is 12.8 Å². The summed E-state index contributed by atoms with van der Waals surface area (Å²) < 4.78 is 5.75. The molecular weight excluding hydrogens is 382 g/mol. The molecule has 30 heavy (non-hydrogen) atoms. The first-order valence-electron chi connectivity index (χ1n) is 12.2. The Bertz CT molecular complexity index is 453. The number of aliphatic carboxylic acids is 1. The number of carbonyl (C=O) groups is 3. The van der Waals surface area contributed by atoms with Crippen molar-refractivity contribution in [1.82, 2.24) is 5.32 Å². The summed E-state index contributed by atoms with van der Waals surface area (Å²) in [6.45, 7) is 4.05. The van der Waals surface area contributed by atoms with E-state index in [9.17, 15) is 14.4 Å². The normalized spacial score (nSPS) is 11.8. The summed E-state index contributed by atoms with van der Waals surface area (Å²) >= 11 is 0. The third-order valence-corrected chi connectivity index (χ3v) is 5.28. The molecule has 0 saturated heterocycles. The van der Waals surface area contributed by atoms with Crippen LogP contribution < -0.4 is 5.32 Å². The molecule has 0 aliphatic rings. The highest BCUT2D eigenvalue weighted by atomic mass is 16.5. The molecule has 0 aliphatic carbocycles. The van der Waals surface area contributed by atoms with Gasteiger partial charge in [0, 0.05) is 12.8 Å². The number of unbranched alkanes of at least 4 members (excludes halogenated alkanes) is 10. The van der Waals surface area contributed by atoms with Crippen LogP contribution in [0.15, 0.2) is 0 Å². The number of rotatable bonds is 21. The number of carboxylic acid groups (broad SMARTS) is 1. The van der Waals surface area contributed by atoms with Crippen molar-refractivity contribution in [2.24, 2.45) is 0 Å². The Hall–Kier alpha value is -1.59. The van der Waals surface area contributed by atoms with Crippen LogP contribution in [0.4, 0.5) is 0 Å². The van der Waals surface area contributed by atoms with E-state index in [1.807, 2.05) is 0 Å². The zero-order chi connectivity index (χ0) is 22.5. The fourth-order valence-corrected chi connectivity index (χ4v) is 3.45. The molecule has 0 aliphatic heterocycles. The first kappa shape index (κ1) is 28.4. The van der Waals surface area contributed by atoms with Gasteiger partial charge in [-0.1, -0.05) is 71.6 Å². The van der Waals surface area contributed by atoms with Crippen LogP contribution in [0.5, 0.6) is 0 Å². The molecular formula is C24H45NO5. The highest BCUT2D eigenvalue weighted by molar-refractivity contribution is 5.80. The third kappa shape index (κ3) is 19.7. The molecule has 176 valence electrons. The Labute approximate surface area is 183 Å². The lowest BCUT2D eigenvalue weighted by molar-refractivity contribution is -0.150. The molecule has 0 radical (unpaired) electrons. The van der Waals surface area contributed by atoms with Crippen LogP contribution in [0.3, 0.4) is 0 Å². The van der Waals surface area contributed by atoms with Gasteiger partial charge in [-0.05, 0) is 38.5 Å². The molecule has 1 unspecified atom stereocenters. The molecule has 0 heterocycles. The summed E-state index contributed by atoms with van der Waals surface area (Å²) in [5.74, 6) is -1.33. The number of nitrogens with one attached hydrogen (secondary N) is 1. The van der Waals surface area contributed by atoms with Gasteiger partial charge < -0.3 is 15.2 Å². The van der Waals surface area contributed by atoms with Crippen LogP contribution in [0.1, 0.15) is 123 Å². The van der Waals surface area contributed by atoms with E-state index in [-0.39, 0.29) is 24.5 Å². The Kier molecular flexibility index (Phi) is 19.6. The van der Waals surface area contributed by atoms with Gasteiger partial charge in [0.1, 0.15) is 12.6 Å². The highest BCUT2D eigenvalue weighted by Crippen LogP contribution is 2.17. The van der Waals surface area contributed by atoms with Crippen LogP contribution in [-0.4, -0.2) is 35.6 Å². The molecule has 0 rings (SSSR count). The fraction of sp³-hybridized carbons (Fsp3) is 0.875. The maximum Gasteiger partial charge on any atom is 0.322 e. The number of amides is 1. The molecule has 0 fully saturated rings. The van der Waals surface area contributed by atoms with Crippen molar-refractivity contribution in [3.63, 3.8) is 0 Å². The van der Waals surface area contributed by atoms with Gasteiger partial charge in [-0.25, -0.2) is 0 Å². The number of hydrogen-bond acceptors (Lipinski definition) is 4. The van der Waals surface area contributed by atoms with Gasteiger partial charge in [-0.15, -0.1) is 0 Å². The topological polar surface area (TPSA) is 92.7 Å². The summed E-state index contributed by atoms with van der Waals surface area (Å²) in [5, 5.41) is 10.9. The summed E-state index contributed by atoms with van der Waals surface area (Å²) in [7, 11) is 0. The van der Waals surface area contributed by atoms with Gasteiger partial charge in [0.05, 0.1) is 0 Å². The molecule has 0 bridgehead atoms.